The van der Waals surface area contributed by atoms with Crippen molar-refractivity contribution in [3.8, 4) is 11.5 Å². The summed E-state index contributed by atoms with van der Waals surface area (Å²) < 4.78 is 23.5. The Morgan fingerprint density at radius 3 is 2.49 bits per heavy atom. The maximum Gasteiger partial charge on any atom is 0.310 e. The Bertz CT molecular complexity index is 1670. The summed E-state index contributed by atoms with van der Waals surface area (Å²) in [5, 5.41) is 5.30. The number of nitrogens with one attached hydrogen (secondary N) is 1. The van der Waals surface area contributed by atoms with Gasteiger partial charge in [-0.05, 0) is 65.5 Å². The van der Waals surface area contributed by atoms with Crippen LogP contribution in [0, 0.1) is 11.3 Å². The third-order valence-electron chi connectivity index (χ3n) is 10.9. The second-order valence-electron chi connectivity index (χ2n) is 17.3. The van der Waals surface area contributed by atoms with Gasteiger partial charge in [0.25, 0.3) is 0 Å². The van der Waals surface area contributed by atoms with E-state index in [-0.39, 0.29) is 11.9 Å². The van der Waals surface area contributed by atoms with Crippen molar-refractivity contribution < 1.29 is 23.6 Å². The summed E-state index contributed by atoms with van der Waals surface area (Å²) in [5.41, 5.74) is 6.80. The maximum atomic E-state index is 13.8. The zero-order chi connectivity index (χ0) is 35.3. The molecule has 6 rings (SSSR count). The number of hydrogen-bond donors (Lipinski definition) is 1. The number of imidazole rings is 1. The van der Waals surface area contributed by atoms with Crippen molar-refractivity contribution in [3.63, 3.8) is 0 Å². The molecule has 0 spiro atoms. The van der Waals surface area contributed by atoms with Gasteiger partial charge in [-0.2, -0.15) is 9.67 Å². The first kappa shape index (κ1) is 36.9. The lowest BCUT2D eigenvalue weighted by Gasteiger charge is -2.33. The minimum Gasteiger partial charge on any atom is -0.379 e. The Kier molecular flexibility index (Phi) is 10.7. The first-order chi connectivity index (χ1) is 23.0. The number of halogens is 1. The number of benzene rings is 1. The SMILES string of the molecule is C[C@@H](C(=O)N(C)c1cc2c(cc1Br)[nH]c(-c1nn(COCC[Si](C)(C)C)c3c1C[C@@H]1C[C@]1(C)C3)[n+]2COCC[Si](C)(C)C)N1CCOCC1. The van der Waals surface area contributed by atoms with Crippen LogP contribution in [-0.4, -0.2) is 94.3 Å². The third-order valence-corrected chi connectivity index (χ3v) is 14.9. The molecule has 3 aliphatic rings. The van der Waals surface area contributed by atoms with Crippen molar-refractivity contribution in [2.45, 2.75) is 104 Å². The number of H-pyrrole nitrogens is 1. The molecule has 1 aromatic carbocycles. The van der Waals surface area contributed by atoms with Crippen molar-refractivity contribution >= 4 is 54.7 Å². The maximum absolute atomic E-state index is 13.8. The number of likely N-dealkylation sites (N-methyl/N-ethyl adjacent to an activating group) is 1. The molecule has 3 aromatic rings. The minimum atomic E-state index is -1.27. The molecule has 2 fully saturated rings. The monoisotopic (exact) mass is 773 g/mol. The largest absolute Gasteiger partial charge is 0.379 e. The van der Waals surface area contributed by atoms with Crippen molar-refractivity contribution in [2.24, 2.45) is 11.3 Å². The average molecular weight is 775 g/mol. The fourth-order valence-electron chi connectivity index (χ4n) is 7.26. The smallest absolute Gasteiger partial charge is 0.310 e. The minimum absolute atomic E-state index is 0.0602. The molecule has 1 aliphatic heterocycles. The van der Waals surface area contributed by atoms with Crippen molar-refractivity contribution in [2.75, 3.05) is 51.5 Å². The highest BCUT2D eigenvalue weighted by molar-refractivity contribution is 9.10. The average Bonchev–Trinajstić information content (AvgIpc) is 3.42. The summed E-state index contributed by atoms with van der Waals surface area (Å²) in [4.78, 5) is 21.6. The summed E-state index contributed by atoms with van der Waals surface area (Å²) in [6.07, 6.45) is 3.34. The number of amides is 1. The van der Waals surface area contributed by atoms with Crippen LogP contribution >= 0.6 is 15.9 Å². The van der Waals surface area contributed by atoms with Gasteiger partial charge in [0.2, 0.25) is 5.91 Å². The van der Waals surface area contributed by atoms with Crippen LogP contribution in [0.5, 0.6) is 0 Å². The van der Waals surface area contributed by atoms with E-state index in [0.717, 1.165) is 77.3 Å². The fourth-order valence-corrected chi connectivity index (χ4v) is 9.39. The van der Waals surface area contributed by atoms with Crippen molar-refractivity contribution in [1.29, 1.82) is 0 Å². The molecule has 13 heteroatoms. The molecule has 49 heavy (non-hydrogen) atoms. The highest BCUT2D eigenvalue weighted by atomic mass is 79.9. The summed E-state index contributed by atoms with van der Waals surface area (Å²) in [6, 6.07) is 6.20. The Morgan fingerprint density at radius 2 is 1.82 bits per heavy atom. The van der Waals surface area contributed by atoms with E-state index in [4.69, 9.17) is 19.3 Å². The first-order valence-electron chi connectivity index (χ1n) is 18.1. The fraction of sp³-hybridized carbons (Fsp3) is 0.694. The Hall–Kier alpha value is -1.88. The second kappa shape index (κ2) is 14.3. The number of rotatable bonds is 14. The number of carbonyl (C=O) groups excluding carboxylic acids is 1. The van der Waals surface area contributed by atoms with Crippen LogP contribution in [0.15, 0.2) is 16.6 Å². The van der Waals surface area contributed by atoms with E-state index in [0.29, 0.717) is 44.6 Å². The lowest BCUT2D eigenvalue weighted by Crippen LogP contribution is -2.50. The van der Waals surface area contributed by atoms with Gasteiger partial charge in [-0.1, -0.05) is 46.2 Å². The van der Waals surface area contributed by atoms with Gasteiger partial charge < -0.3 is 19.1 Å². The van der Waals surface area contributed by atoms with Gasteiger partial charge in [-0.25, -0.2) is 9.67 Å². The van der Waals surface area contributed by atoms with Gasteiger partial charge in [0.05, 0.1) is 24.9 Å². The predicted molar refractivity (Wildman–Crippen MR) is 205 cm³/mol. The number of anilines is 1. The van der Waals surface area contributed by atoms with Gasteiger partial charge in [-0.3, -0.25) is 9.69 Å². The van der Waals surface area contributed by atoms with Crippen LogP contribution in [0.1, 0.15) is 31.5 Å². The Balaban J connectivity index is 1.37. The first-order valence-corrected chi connectivity index (χ1v) is 26.3. The topological polar surface area (TPSA) is 88.7 Å². The zero-order valence-corrected chi connectivity index (χ0v) is 34.8. The molecular formula is C36H58BrN6O4Si2+. The van der Waals surface area contributed by atoms with E-state index in [2.05, 4.69) is 93.4 Å². The molecule has 2 aromatic heterocycles. The van der Waals surface area contributed by atoms with Crippen molar-refractivity contribution in [1.82, 2.24) is 19.7 Å². The summed E-state index contributed by atoms with van der Waals surface area (Å²) in [6.45, 7) is 23.9. The van der Waals surface area contributed by atoms with E-state index < -0.39 is 16.1 Å². The third kappa shape index (κ3) is 8.28. The van der Waals surface area contributed by atoms with Crippen molar-refractivity contribution in [3.05, 3.63) is 27.9 Å². The van der Waals surface area contributed by atoms with E-state index in [1.165, 1.54) is 17.7 Å². The van der Waals surface area contributed by atoms with Crippen LogP contribution in [-0.2, 0) is 45.3 Å². The van der Waals surface area contributed by atoms with E-state index in [1.807, 2.05) is 14.0 Å². The van der Waals surface area contributed by atoms with Crippen LogP contribution in [0.25, 0.3) is 22.6 Å². The molecule has 270 valence electrons. The van der Waals surface area contributed by atoms with Crippen LogP contribution in [0.4, 0.5) is 5.69 Å². The molecule has 0 radical (unpaired) electrons. The van der Waals surface area contributed by atoms with Gasteiger partial charge >= 0.3 is 5.82 Å². The molecule has 1 saturated heterocycles. The molecule has 1 amide bonds. The molecular weight excluding hydrogens is 717 g/mol. The number of ether oxygens (including phenoxy) is 3. The van der Waals surface area contributed by atoms with E-state index >= 15 is 0 Å². The van der Waals surface area contributed by atoms with Crippen LogP contribution in [0.3, 0.4) is 0 Å². The second-order valence-corrected chi connectivity index (χ2v) is 29.4. The normalized spacial score (nSPS) is 21.9. The predicted octanol–water partition coefficient (Wildman–Crippen LogP) is 6.51. The lowest BCUT2D eigenvalue weighted by molar-refractivity contribution is -0.698. The van der Waals surface area contributed by atoms with E-state index in [9.17, 15) is 4.79 Å². The molecule has 1 N–H and O–H groups in total. The van der Waals surface area contributed by atoms with Crippen LogP contribution in [0.2, 0.25) is 51.4 Å². The van der Waals surface area contributed by atoms with Crippen LogP contribution < -0.4 is 9.47 Å². The molecule has 2 aliphatic carbocycles. The molecule has 0 unspecified atom stereocenters. The highest BCUT2D eigenvalue weighted by Crippen LogP contribution is 2.60. The Labute approximate surface area is 303 Å². The molecule has 1 saturated carbocycles. The van der Waals surface area contributed by atoms with Gasteiger partial charge in [0.1, 0.15) is 6.73 Å². The molecule has 0 bridgehead atoms. The number of aromatic nitrogens is 4. The zero-order valence-electron chi connectivity index (χ0n) is 31.2. The quantitative estimate of drug-likeness (QED) is 0.114. The number of aromatic amines is 1. The summed E-state index contributed by atoms with van der Waals surface area (Å²) >= 11 is 3.82. The highest BCUT2D eigenvalue weighted by Gasteiger charge is 2.54. The molecule has 10 nitrogen and oxygen atoms in total. The van der Waals surface area contributed by atoms with E-state index in [1.54, 1.807) is 4.90 Å². The van der Waals surface area contributed by atoms with Gasteiger partial charge in [-0.15, -0.1) is 0 Å². The van der Waals surface area contributed by atoms with Gasteiger partial charge in [0.15, 0.2) is 23.5 Å². The number of carbonyl (C=O) groups is 1. The summed E-state index contributed by atoms with van der Waals surface area (Å²) in [7, 11) is -0.583. The lowest BCUT2D eigenvalue weighted by atomic mass is 9.87. The number of fused-ring (bicyclic) bond motifs is 3. The number of nitrogens with zero attached hydrogens (tertiary/aromatic N) is 5. The number of hydrogen-bond acceptors (Lipinski definition) is 6. The van der Waals surface area contributed by atoms with Gasteiger partial charge in [0, 0.05) is 77.4 Å². The molecule has 3 atom stereocenters. The number of morpholine rings is 1. The standard InChI is InChI=1S/C36H57BrN6O4Si2/c1-25(41-10-12-45-13-11-41)35(44)40(3)30-20-31-29(19-28(30)37)38-34(42(31)23-46-14-16-48(4,5)6)33-27-18-26-21-36(26,2)22-32(27)43(39-33)24-47-15-17-49(7,8)9/h19-20,25-26H,10-18,21-24H2,1-9H3/p+1/t25-,26+,36+/m0/s1. The summed E-state index contributed by atoms with van der Waals surface area (Å²) in [5.74, 6) is 1.71. The Morgan fingerprint density at radius 1 is 1.14 bits per heavy atom. The molecule has 3 heterocycles.